The number of nitrogens with zero attached hydrogens (tertiary/aromatic N) is 6. The van der Waals surface area contributed by atoms with Crippen molar-refractivity contribution in [2.24, 2.45) is 0 Å². The van der Waals surface area contributed by atoms with E-state index in [0.717, 1.165) is 16.7 Å². The van der Waals surface area contributed by atoms with Crippen LogP contribution in [0.3, 0.4) is 0 Å². The number of aryl methyl sites for hydroxylation is 2. The van der Waals surface area contributed by atoms with Crippen molar-refractivity contribution in [1.29, 1.82) is 0 Å². The number of carbonyl (C=O) groups is 1. The molecule has 4 heterocycles. The third kappa shape index (κ3) is 3.66. The quantitative estimate of drug-likeness (QED) is 0.499. The Morgan fingerprint density at radius 1 is 1.28 bits per heavy atom. The highest BCUT2D eigenvalue weighted by Crippen LogP contribution is 2.33. The number of nitrogen functional groups attached to an aromatic ring is 1. The van der Waals surface area contributed by atoms with Crippen LogP contribution in [0.2, 0.25) is 0 Å². The molecular weight excluding hydrogens is 390 g/mol. The highest BCUT2D eigenvalue weighted by atomic mass is 32.1. The topological polar surface area (TPSA) is 122 Å². The van der Waals surface area contributed by atoms with Gasteiger partial charge in [-0.25, -0.2) is 19.4 Å². The second-order valence-electron chi connectivity index (χ2n) is 6.53. The lowest BCUT2D eigenvalue weighted by Crippen LogP contribution is -2.07. The van der Waals surface area contributed by atoms with Crippen molar-refractivity contribution >= 4 is 33.3 Å². The van der Waals surface area contributed by atoms with Gasteiger partial charge in [-0.2, -0.15) is 0 Å². The molecule has 0 aromatic carbocycles. The van der Waals surface area contributed by atoms with Gasteiger partial charge in [-0.15, -0.1) is 16.4 Å². The molecular formula is C19H19N7O2S. The fourth-order valence-electron chi connectivity index (χ4n) is 3.03. The fraction of sp³-hybridized carbons (Fsp3) is 0.263. The first-order chi connectivity index (χ1) is 14.0. The van der Waals surface area contributed by atoms with E-state index in [1.165, 1.54) is 11.3 Å². The van der Waals surface area contributed by atoms with Crippen LogP contribution in [-0.2, 0) is 11.3 Å². The Hall–Kier alpha value is -3.40. The summed E-state index contributed by atoms with van der Waals surface area (Å²) in [5.74, 6) is 0.449. The number of carbonyl (C=O) groups excluding carboxylic acids is 1. The third-order valence-corrected chi connectivity index (χ3v) is 5.50. The number of hydrogen-bond acceptors (Lipinski definition) is 9. The van der Waals surface area contributed by atoms with Gasteiger partial charge in [-0.1, -0.05) is 5.21 Å². The summed E-state index contributed by atoms with van der Waals surface area (Å²) in [5.41, 5.74) is 9.55. The maximum atomic E-state index is 12.2. The second-order valence-corrected chi connectivity index (χ2v) is 7.53. The first-order valence-electron chi connectivity index (χ1n) is 9.01. The summed E-state index contributed by atoms with van der Waals surface area (Å²) in [6.07, 6.45) is 5.34. The number of hydrogen-bond donors (Lipinski definition) is 1. The molecule has 10 heteroatoms. The maximum absolute atomic E-state index is 12.2. The predicted molar refractivity (Wildman–Crippen MR) is 110 cm³/mol. The highest BCUT2D eigenvalue weighted by molar-refractivity contribution is 7.20. The zero-order valence-corrected chi connectivity index (χ0v) is 17.0. The van der Waals surface area contributed by atoms with Crippen molar-refractivity contribution in [3.8, 4) is 11.3 Å². The molecule has 4 aromatic heterocycles. The molecule has 0 unspecified atom stereocenters. The van der Waals surface area contributed by atoms with Gasteiger partial charge >= 0.3 is 5.97 Å². The van der Waals surface area contributed by atoms with Gasteiger partial charge in [-0.3, -0.25) is 4.98 Å². The van der Waals surface area contributed by atoms with Crippen molar-refractivity contribution in [3.63, 3.8) is 0 Å². The van der Waals surface area contributed by atoms with Crippen LogP contribution in [0.1, 0.15) is 33.5 Å². The molecule has 2 N–H and O–H groups in total. The first-order valence-corrected chi connectivity index (χ1v) is 9.82. The van der Waals surface area contributed by atoms with Crippen molar-refractivity contribution in [2.75, 3.05) is 12.3 Å². The van der Waals surface area contributed by atoms with Crippen molar-refractivity contribution in [2.45, 2.75) is 27.3 Å². The van der Waals surface area contributed by atoms with Gasteiger partial charge in [0.25, 0.3) is 0 Å². The second kappa shape index (κ2) is 7.55. The first kappa shape index (κ1) is 18.9. The van der Waals surface area contributed by atoms with E-state index < -0.39 is 0 Å². The summed E-state index contributed by atoms with van der Waals surface area (Å²) in [6.45, 7) is 6.18. The summed E-state index contributed by atoms with van der Waals surface area (Å²) in [7, 11) is 0. The van der Waals surface area contributed by atoms with E-state index in [1.807, 2.05) is 26.1 Å². The lowest BCUT2D eigenvalue weighted by molar-refractivity contribution is 0.0531. The molecule has 4 aromatic rings. The number of ether oxygens (including phenoxy) is 1. The van der Waals surface area contributed by atoms with E-state index in [0.29, 0.717) is 45.6 Å². The molecule has 0 aliphatic carbocycles. The van der Waals surface area contributed by atoms with Crippen LogP contribution in [0.25, 0.3) is 21.5 Å². The van der Waals surface area contributed by atoms with E-state index in [9.17, 15) is 4.79 Å². The van der Waals surface area contributed by atoms with Gasteiger partial charge < -0.3 is 10.5 Å². The van der Waals surface area contributed by atoms with Gasteiger partial charge in [0, 0.05) is 18.0 Å². The molecule has 0 aliphatic rings. The van der Waals surface area contributed by atoms with E-state index in [1.54, 1.807) is 24.0 Å². The zero-order valence-electron chi connectivity index (χ0n) is 16.2. The monoisotopic (exact) mass is 409 g/mol. The van der Waals surface area contributed by atoms with Gasteiger partial charge in [-0.05, 0) is 38.0 Å². The number of fused-ring (bicyclic) bond motifs is 1. The Morgan fingerprint density at radius 3 is 2.86 bits per heavy atom. The molecule has 0 radical (unpaired) electrons. The van der Waals surface area contributed by atoms with Crippen LogP contribution in [0.15, 0.2) is 24.7 Å². The number of pyridine rings is 1. The number of thiophene rings is 1. The minimum atomic E-state index is -0.373. The van der Waals surface area contributed by atoms with E-state index >= 15 is 0 Å². The summed E-state index contributed by atoms with van der Waals surface area (Å²) < 4.78 is 6.76. The number of nitrogens with two attached hydrogens (primary N) is 1. The molecule has 29 heavy (non-hydrogen) atoms. The van der Waals surface area contributed by atoms with Crippen molar-refractivity contribution < 1.29 is 9.53 Å². The lowest BCUT2D eigenvalue weighted by atomic mass is 10.2. The predicted octanol–water partition coefficient (Wildman–Crippen LogP) is 2.77. The molecule has 0 amide bonds. The molecule has 0 bridgehead atoms. The van der Waals surface area contributed by atoms with E-state index in [-0.39, 0.29) is 5.97 Å². The van der Waals surface area contributed by atoms with Crippen molar-refractivity contribution in [1.82, 2.24) is 29.9 Å². The van der Waals surface area contributed by atoms with Crippen LogP contribution in [0.5, 0.6) is 0 Å². The Kier molecular flexibility index (Phi) is 4.93. The summed E-state index contributed by atoms with van der Waals surface area (Å²) in [6, 6.07) is 1.99. The molecule has 0 saturated carbocycles. The minimum absolute atomic E-state index is 0.304. The summed E-state index contributed by atoms with van der Waals surface area (Å²) in [5, 5.41) is 9.03. The Morgan fingerprint density at radius 2 is 2.10 bits per heavy atom. The van der Waals surface area contributed by atoms with Crippen LogP contribution < -0.4 is 5.73 Å². The minimum Gasteiger partial charge on any atom is -0.462 e. The molecule has 0 saturated heterocycles. The molecule has 4 rings (SSSR count). The van der Waals surface area contributed by atoms with Crippen molar-refractivity contribution in [3.05, 3.63) is 46.5 Å². The molecule has 148 valence electrons. The number of anilines is 1. The average molecular weight is 409 g/mol. The van der Waals surface area contributed by atoms with Crippen LogP contribution in [0, 0.1) is 13.8 Å². The van der Waals surface area contributed by atoms with E-state index in [2.05, 4.69) is 25.3 Å². The average Bonchev–Trinajstić information content (AvgIpc) is 3.27. The standard InChI is InChI=1S/C19H19N7O2S/c1-4-28-19(27)16-11(3)15-17(20)22-14(23-18(15)29-16)9-26-8-13(24-25-26)12-5-10(2)6-21-7-12/h5-8H,4,9H2,1-3H3,(H2,20,22,23). The fourth-order valence-corrected chi connectivity index (χ4v) is 4.13. The Labute approximate surface area is 170 Å². The van der Waals surface area contributed by atoms with Gasteiger partial charge in [0.05, 0.1) is 18.2 Å². The Bertz CT molecular complexity index is 1210. The maximum Gasteiger partial charge on any atom is 0.348 e. The van der Waals surface area contributed by atoms with Gasteiger partial charge in [0.15, 0.2) is 5.82 Å². The van der Waals surface area contributed by atoms with E-state index in [4.69, 9.17) is 10.5 Å². The molecule has 0 aliphatic heterocycles. The smallest absolute Gasteiger partial charge is 0.348 e. The number of esters is 1. The SMILES string of the molecule is CCOC(=O)c1sc2nc(Cn3cc(-c4cncc(C)c4)nn3)nc(N)c2c1C. The largest absolute Gasteiger partial charge is 0.462 e. The molecule has 9 nitrogen and oxygen atoms in total. The third-order valence-electron chi connectivity index (χ3n) is 4.34. The zero-order chi connectivity index (χ0) is 20.5. The van der Waals surface area contributed by atoms with Crippen LogP contribution in [0.4, 0.5) is 5.82 Å². The Balaban J connectivity index is 1.64. The highest BCUT2D eigenvalue weighted by Gasteiger charge is 2.20. The van der Waals surface area contributed by atoms with Gasteiger partial charge in [0.1, 0.15) is 27.8 Å². The number of aromatic nitrogens is 6. The van der Waals surface area contributed by atoms with Crippen LogP contribution >= 0.6 is 11.3 Å². The number of rotatable bonds is 5. The summed E-state index contributed by atoms with van der Waals surface area (Å²) >= 11 is 1.26. The normalized spacial score (nSPS) is 11.1. The van der Waals surface area contributed by atoms with Gasteiger partial charge in [0.2, 0.25) is 0 Å². The molecule has 0 spiro atoms. The lowest BCUT2D eigenvalue weighted by Gasteiger charge is -2.03. The summed E-state index contributed by atoms with van der Waals surface area (Å²) in [4.78, 5) is 26.4. The molecule has 0 fully saturated rings. The molecule has 0 atom stereocenters. The van der Waals surface area contributed by atoms with Crippen LogP contribution in [-0.4, -0.2) is 42.5 Å².